The molecule has 0 aliphatic rings. The van der Waals surface area contributed by atoms with Crippen molar-refractivity contribution >= 4 is 33.7 Å². The number of rotatable bonds is 8. The van der Waals surface area contributed by atoms with E-state index < -0.39 is 56.0 Å². The van der Waals surface area contributed by atoms with Gasteiger partial charge < -0.3 is 20.4 Å². The van der Waals surface area contributed by atoms with Gasteiger partial charge in [0, 0.05) is 11.1 Å². The molecule has 0 atom stereocenters. The highest BCUT2D eigenvalue weighted by Crippen LogP contribution is 2.37. The number of aromatic carboxylic acids is 4. The fourth-order valence-electron chi connectivity index (χ4n) is 4.15. The number of carbonyl (C=O) groups is 4. The Morgan fingerprint density at radius 1 is 0.462 bits per heavy atom. The van der Waals surface area contributed by atoms with E-state index in [1.54, 1.807) is 0 Å². The number of carboxylic acid groups (broad SMARTS) is 4. The summed E-state index contributed by atoms with van der Waals surface area (Å²) in [5.74, 6) is -5.91. The maximum Gasteiger partial charge on any atom is 0.336 e. The monoisotopic (exact) mass is 546 g/mol. The highest BCUT2D eigenvalue weighted by molar-refractivity contribution is 7.91. The van der Waals surface area contributed by atoms with Gasteiger partial charge in [-0.3, -0.25) is 0 Å². The zero-order valence-electron chi connectivity index (χ0n) is 19.7. The van der Waals surface area contributed by atoms with Gasteiger partial charge in [-0.15, -0.1) is 0 Å². The van der Waals surface area contributed by atoms with Crippen LogP contribution < -0.4 is 0 Å². The lowest BCUT2D eigenvalue weighted by atomic mass is 9.99. The van der Waals surface area contributed by atoms with Crippen molar-refractivity contribution in [2.45, 2.75) is 9.79 Å². The number of sulfone groups is 1. The summed E-state index contributed by atoms with van der Waals surface area (Å²) in [7, 11) is -4.34. The fraction of sp³-hybridized carbons (Fsp3) is 0. The molecule has 0 aliphatic heterocycles. The van der Waals surface area contributed by atoms with E-state index in [-0.39, 0.29) is 32.0 Å². The Bertz CT molecular complexity index is 1660. The molecule has 4 aromatic rings. The summed E-state index contributed by atoms with van der Waals surface area (Å²) in [6.45, 7) is 0. The van der Waals surface area contributed by atoms with Gasteiger partial charge in [0.15, 0.2) is 0 Å². The van der Waals surface area contributed by atoms with Crippen molar-refractivity contribution in [2.24, 2.45) is 0 Å². The first-order valence-electron chi connectivity index (χ1n) is 11.1. The average Bonchev–Trinajstić information content (AvgIpc) is 2.92. The quantitative estimate of drug-likeness (QED) is 0.243. The third-order valence-corrected chi connectivity index (χ3v) is 7.81. The maximum absolute atomic E-state index is 14.0. The standard InChI is InChI=1S/C28H18O10S/c29-25(30)19-11-9-15(13-21(19)27(33)34)17-5-1-3-7-23(17)39(37,38)24-8-4-2-6-18(24)16-10-12-20(26(31)32)22(14-16)28(35)36/h1-14H,(H,29,30)(H,31,32)(H,33,34)(H,35,36). The first-order valence-corrected chi connectivity index (χ1v) is 12.6. The molecule has 4 rings (SSSR count). The minimum absolute atomic E-state index is 0.110. The number of hydrogen-bond acceptors (Lipinski definition) is 6. The zero-order valence-corrected chi connectivity index (χ0v) is 20.5. The van der Waals surface area contributed by atoms with E-state index in [4.69, 9.17) is 0 Å². The molecule has 4 aromatic carbocycles. The predicted octanol–water partition coefficient (Wildman–Crippen LogP) is 4.65. The summed E-state index contributed by atoms with van der Waals surface area (Å²) in [5.41, 5.74) is -1.45. The third-order valence-electron chi connectivity index (χ3n) is 5.94. The van der Waals surface area contributed by atoms with Crippen molar-refractivity contribution in [3.8, 4) is 22.3 Å². The van der Waals surface area contributed by atoms with Crippen molar-refractivity contribution in [2.75, 3.05) is 0 Å². The van der Waals surface area contributed by atoms with Crippen LogP contribution in [0.5, 0.6) is 0 Å². The molecule has 0 heterocycles. The molecule has 0 unspecified atom stereocenters. The van der Waals surface area contributed by atoms with Crippen LogP contribution >= 0.6 is 0 Å². The lowest BCUT2D eigenvalue weighted by molar-refractivity contribution is 0.0651. The van der Waals surface area contributed by atoms with Crippen molar-refractivity contribution in [1.82, 2.24) is 0 Å². The van der Waals surface area contributed by atoms with E-state index in [1.807, 2.05) is 0 Å². The van der Waals surface area contributed by atoms with Crippen molar-refractivity contribution < 1.29 is 48.0 Å². The van der Waals surface area contributed by atoms with E-state index in [0.717, 1.165) is 24.3 Å². The molecule has 0 fully saturated rings. The summed E-state index contributed by atoms with van der Waals surface area (Å²) in [6, 6.07) is 18.4. The lowest BCUT2D eigenvalue weighted by Crippen LogP contribution is -2.10. The normalized spacial score (nSPS) is 11.1. The largest absolute Gasteiger partial charge is 0.478 e. The van der Waals surface area contributed by atoms with Gasteiger partial charge in [0.2, 0.25) is 9.84 Å². The van der Waals surface area contributed by atoms with E-state index >= 15 is 0 Å². The summed E-state index contributed by atoms with van der Waals surface area (Å²) in [4.78, 5) is 45.9. The van der Waals surface area contributed by atoms with Crippen LogP contribution in [0.1, 0.15) is 41.4 Å². The molecule has 196 valence electrons. The van der Waals surface area contributed by atoms with Crippen molar-refractivity contribution in [3.63, 3.8) is 0 Å². The second kappa shape index (κ2) is 10.2. The molecular formula is C28H18O10S. The van der Waals surface area contributed by atoms with E-state index in [1.165, 1.54) is 60.7 Å². The first-order chi connectivity index (χ1) is 18.4. The molecule has 0 aliphatic carbocycles. The summed E-state index contributed by atoms with van der Waals surface area (Å²) in [5, 5.41) is 37.7. The van der Waals surface area contributed by atoms with Gasteiger partial charge in [0.1, 0.15) is 0 Å². The van der Waals surface area contributed by atoms with Gasteiger partial charge >= 0.3 is 23.9 Å². The van der Waals surface area contributed by atoms with Gasteiger partial charge in [0.25, 0.3) is 0 Å². The van der Waals surface area contributed by atoms with Crippen molar-refractivity contribution in [3.05, 3.63) is 107 Å². The number of carboxylic acids is 4. The summed E-state index contributed by atoms with van der Waals surface area (Å²) < 4.78 is 28.0. The SMILES string of the molecule is O=C(O)c1ccc(-c2ccccc2S(=O)(=O)c2ccccc2-c2ccc(C(=O)O)c(C(=O)O)c2)cc1C(=O)O. The molecular weight excluding hydrogens is 528 g/mol. The second-order valence-corrected chi connectivity index (χ2v) is 10.1. The van der Waals surface area contributed by atoms with Crippen molar-refractivity contribution in [1.29, 1.82) is 0 Å². The Kier molecular flexibility index (Phi) is 7.02. The Balaban J connectivity index is 1.93. The maximum atomic E-state index is 14.0. The van der Waals surface area contributed by atoms with E-state index in [2.05, 4.69) is 0 Å². The van der Waals surface area contributed by atoms with Gasteiger partial charge in [-0.25, -0.2) is 27.6 Å². The highest BCUT2D eigenvalue weighted by atomic mass is 32.2. The Morgan fingerprint density at radius 2 is 0.795 bits per heavy atom. The summed E-state index contributed by atoms with van der Waals surface area (Å²) >= 11 is 0. The molecule has 0 radical (unpaired) electrons. The molecule has 0 bridgehead atoms. The Morgan fingerprint density at radius 3 is 1.13 bits per heavy atom. The van der Waals surface area contributed by atoms with Crippen LogP contribution in [0.2, 0.25) is 0 Å². The van der Waals surface area contributed by atoms with Gasteiger partial charge in [-0.05, 0) is 47.5 Å². The predicted molar refractivity (Wildman–Crippen MR) is 137 cm³/mol. The summed E-state index contributed by atoms with van der Waals surface area (Å²) in [6.07, 6.45) is 0. The van der Waals surface area contributed by atoms with E-state index in [9.17, 15) is 48.0 Å². The number of benzene rings is 4. The topological polar surface area (TPSA) is 183 Å². The highest BCUT2D eigenvalue weighted by Gasteiger charge is 2.27. The van der Waals surface area contributed by atoms with Crippen LogP contribution in [0.4, 0.5) is 0 Å². The van der Waals surface area contributed by atoms with Crippen LogP contribution in [0.15, 0.2) is 94.7 Å². The smallest absolute Gasteiger partial charge is 0.336 e. The van der Waals surface area contributed by atoms with Crippen LogP contribution in [0.3, 0.4) is 0 Å². The van der Waals surface area contributed by atoms with Gasteiger partial charge in [0.05, 0.1) is 32.0 Å². The fourth-order valence-corrected chi connectivity index (χ4v) is 5.85. The van der Waals surface area contributed by atoms with Crippen LogP contribution in [-0.4, -0.2) is 52.7 Å². The molecule has 0 saturated carbocycles. The first kappa shape index (κ1) is 26.8. The minimum Gasteiger partial charge on any atom is -0.478 e. The van der Waals surface area contributed by atoms with Gasteiger partial charge in [-0.2, -0.15) is 0 Å². The van der Waals surface area contributed by atoms with Gasteiger partial charge in [-0.1, -0.05) is 48.5 Å². The molecule has 39 heavy (non-hydrogen) atoms. The Labute approximate surface area is 221 Å². The van der Waals surface area contributed by atoms with Crippen LogP contribution in [0, 0.1) is 0 Å². The molecule has 0 spiro atoms. The molecule has 11 heteroatoms. The number of hydrogen-bond donors (Lipinski definition) is 4. The van der Waals surface area contributed by atoms with E-state index in [0.29, 0.717) is 0 Å². The minimum atomic E-state index is -4.34. The zero-order chi connectivity index (χ0) is 28.5. The molecule has 4 N–H and O–H groups in total. The molecule has 0 aromatic heterocycles. The molecule has 10 nitrogen and oxygen atoms in total. The van der Waals surface area contributed by atoms with Crippen LogP contribution in [-0.2, 0) is 9.84 Å². The molecule has 0 amide bonds. The van der Waals surface area contributed by atoms with Crippen LogP contribution in [0.25, 0.3) is 22.3 Å². The average molecular weight is 547 g/mol. The Hall–Kier alpha value is -5.29. The molecule has 0 saturated heterocycles. The lowest BCUT2D eigenvalue weighted by Gasteiger charge is -2.15. The second-order valence-electron chi connectivity index (χ2n) is 8.24. The third kappa shape index (κ3) is 4.98.